The number of hydrogen-bond donors (Lipinski definition) is 1. The Morgan fingerprint density at radius 1 is 1.44 bits per heavy atom. The molecule has 8 heteroatoms. The molecular formula is C17H29IN4O2S. The first-order chi connectivity index (χ1) is 11.8. The summed E-state index contributed by atoms with van der Waals surface area (Å²) in [6, 6.07) is 3.91. The Hall–Kier alpha value is -0.740. The summed E-state index contributed by atoms with van der Waals surface area (Å²) in [5, 5.41) is 4.13. The van der Waals surface area contributed by atoms with E-state index in [1.54, 1.807) is 7.11 Å². The molecule has 0 aliphatic carbocycles. The average molecular weight is 480 g/mol. The molecule has 1 atom stereocenters. The topological polar surface area (TPSA) is 59.0 Å². The van der Waals surface area contributed by atoms with Crippen LogP contribution in [0.4, 0.5) is 0 Å². The number of halogens is 1. The van der Waals surface area contributed by atoms with Crippen molar-refractivity contribution in [2.75, 3.05) is 46.2 Å². The van der Waals surface area contributed by atoms with Crippen molar-refractivity contribution in [3.8, 4) is 5.88 Å². The molecule has 0 radical (unpaired) electrons. The van der Waals surface area contributed by atoms with Gasteiger partial charge in [0, 0.05) is 57.1 Å². The minimum atomic E-state index is 0. The monoisotopic (exact) mass is 480 g/mol. The fraction of sp³-hybridized carbons (Fsp3) is 0.647. The van der Waals surface area contributed by atoms with Gasteiger partial charge in [0.05, 0.1) is 6.61 Å². The van der Waals surface area contributed by atoms with E-state index in [0.29, 0.717) is 30.9 Å². The molecule has 6 nitrogen and oxygen atoms in total. The van der Waals surface area contributed by atoms with E-state index in [-0.39, 0.29) is 24.0 Å². The molecule has 1 saturated heterocycles. The van der Waals surface area contributed by atoms with E-state index in [1.165, 1.54) is 6.42 Å². The fourth-order valence-corrected chi connectivity index (χ4v) is 3.68. The van der Waals surface area contributed by atoms with Crippen LogP contribution in [0.2, 0.25) is 0 Å². The van der Waals surface area contributed by atoms with Gasteiger partial charge in [0.25, 0.3) is 0 Å². The Balaban J connectivity index is 0.00000312. The highest BCUT2D eigenvalue weighted by molar-refractivity contribution is 14.0. The van der Waals surface area contributed by atoms with Crippen molar-refractivity contribution in [1.82, 2.24) is 15.2 Å². The third-order valence-corrected chi connectivity index (χ3v) is 5.26. The smallest absolute Gasteiger partial charge is 0.213 e. The summed E-state index contributed by atoms with van der Waals surface area (Å²) in [4.78, 5) is 11.1. The van der Waals surface area contributed by atoms with Crippen LogP contribution in [0.1, 0.15) is 18.9 Å². The highest BCUT2D eigenvalue weighted by Crippen LogP contribution is 2.21. The van der Waals surface area contributed by atoms with Crippen LogP contribution in [0.5, 0.6) is 5.88 Å². The molecular weight excluding hydrogens is 451 g/mol. The number of aromatic nitrogens is 1. The highest BCUT2D eigenvalue weighted by atomic mass is 127. The largest absolute Gasteiger partial charge is 0.475 e. The van der Waals surface area contributed by atoms with Crippen LogP contribution in [0.3, 0.4) is 0 Å². The van der Waals surface area contributed by atoms with Gasteiger partial charge in [-0.25, -0.2) is 4.98 Å². The fourth-order valence-electron chi connectivity index (χ4n) is 2.50. The normalized spacial score (nSPS) is 17.8. The molecule has 25 heavy (non-hydrogen) atoms. The molecule has 2 rings (SSSR count). The first-order valence-electron chi connectivity index (χ1n) is 8.40. The molecule has 1 aliphatic heterocycles. The number of pyridine rings is 1. The maximum absolute atomic E-state index is 5.48. The first-order valence-corrected chi connectivity index (χ1v) is 9.45. The Morgan fingerprint density at radius 2 is 2.28 bits per heavy atom. The summed E-state index contributed by atoms with van der Waals surface area (Å²) in [5.74, 6) is 2.75. The van der Waals surface area contributed by atoms with Gasteiger partial charge in [-0.1, -0.05) is 13.0 Å². The van der Waals surface area contributed by atoms with Crippen LogP contribution >= 0.6 is 35.7 Å². The van der Waals surface area contributed by atoms with Crippen LogP contribution < -0.4 is 10.1 Å². The predicted molar refractivity (Wildman–Crippen MR) is 115 cm³/mol. The van der Waals surface area contributed by atoms with Gasteiger partial charge in [0.1, 0.15) is 6.61 Å². The summed E-state index contributed by atoms with van der Waals surface area (Å²) in [5.41, 5.74) is 1.11. The number of ether oxygens (including phenoxy) is 2. The molecule has 1 N–H and O–H groups in total. The quantitative estimate of drug-likeness (QED) is 0.280. The van der Waals surface area contributed by atoms with Gasteiger partial charge >= 0.3 is 0 Å². The number of nitrogens with one attached hydrogen (secondary N) is 1. The summed E-state index contributed by atoms with van der Waals surface area (Å²) in [6.07, 6.45) is 3.04. The van der Waals surface area contributed by atoms with Crippen LogP contribution in [0.15, 0.2) is 23.3 Å². The highest BCUT2D eigenvalue weighted by Gasteiger charge is 2.21. The van der Waals surface area contributed by atoms with E-state index in [0.717, 1.165) is 30.4 Å². The number of methoxy groups -OCH3 is 1. The molecule has 1 aromatic rings. The molecule has 142 valence electrons. The minimum absolute atomic E-state index is 0. The van der Waals surface area contributed by atoms with Gasteiger partial charge in [-0.3, -0.25) is 4.99 Å². The lowest BCUT2D eigenvalue weighted by atomic mass is 10.3. The second-order valence-electron chi connectivity index (χ2n) is 5.59. The maximum Gasteiger partial charge on any atom is 0.213 e. The Kier molecular flexibility index (Phi) is 11.2. The van der Waals surface area contributed by atoms with E-state index in [4.69, 9.17) is 9.47 Å². The third kappa shape index (κ3) is 7.57. The standard InChI is InChI=1S/C17H28N4O2S.HI/c1-4-15-13-21(7-10-24-15)17(18-2)20-12-14-5-6-16(19-11-14)23-9-8-22-3;/h5-6,11,15H,4,7-10,12-13H2,1-3H3,(H,18,20);1H. The summed E-state index contributed by atoms with van der Waals surface area (Å²) >= 11 is 2.06. The number of rotatable bonds is 7. The van der Waals surface area contributed by atoms with E-state index in [9.17, 15) is 0 Å². The van der Waals surface area contributed by atoms with Crippen molar-refractivity contribution in [3.05, 3.63) is 23.9 Å². The molecule has 1 fully saturated rings. The lowest BCUT2D eigenvalue weighted by Gasteiger charge is -2.34. The number of nitrogens with zero attached hydrogens (tertiary/aromatic N) is 3. The lowest BCUT2D eigenvalue weighted by Crippen LogP contribution is -2.47. The van der Waals surface area contributed by atoms with E-state index in [2.05, 4.69) is 38.9 Å². The van der Waals surface area contributed by atoms with Crippen molar-refractivity contribution in [2.24, 2.45) is 4.99 Å². The van der Waals surface area contributed by atoms with Gasteiger partial charge in [-0.2, -0.15) is 11.8 Å². The third-order valence-electron chi connectivity index (χ3n) is 3.89. The lowest BCUT2D eigenvalue weighted by molar-refractivity contribution is 0.143. The van der Waals surface area contributed by atoms with E-state index >= 15 is 0 Å². The van der Waals surface area contributed by atoms with Crippen molar-refractivity contribution in [3.63, 3.8) is 0 Å². The van der Waals surface area contributed by atoms with Crippen molar-refractivity contribution in [1.29, 1.82) is 0 Å². The van der Waals surface area contributed by atoms with E-state index in [1.807, 2.05) is 25.4 Å². The van der Waals surface area contributed by atoms with Gasteiger partial charge in [-0.05, 0) is 12.0 Å². The number of aliphatic imine (C=N–C) groups is 1. The average Bonchev–Trinajstić information content (AvgIpc) is 2.64. The maximum atomic E-state index is 5.48. The predicted octanol–water partition coefficient (Wildman–Crippen LogP) is 2.63. The van der Waals surface area contributed by atoms with E-state index < -0.39 is 0 Å². The molecule has 0 saturated carbocycles. The zero-order chi connectivity index (χ0) is 17.2. The SMILES string of the molecule is CCC1CN(C(=NC)NCc2ccc(OCCOC)nc2)CCS1.I. The molecule has 0 aromatic carbocycles. The molecule has 0 spiro atoms. The molecule has 0 amide bonds. The first kappa shape index (κ1) is 22.3. The number of thioether (sulfide) groups is 1. The van der Waals surface area contributed by atoms with Crippen molar-refractivity contribution >= 4 is 41.7 Å². The Morgan fingerprint density at radius 3 is 2.92 bits per heavy atom. The molecule has 1 aliphatic rings. The summed E-state index contributed by atoms with van der Waals surface area (Å²) in [7, 11) is 3.50. The van der Waals surface area contributed by atoms with Crippen LogP contribution in [-0.2, 0) is 11.3 Å². The van der Waals surface area contributed by atoms with Crippen LogP contribution in [-0.4, -0.2) is 67.3 Å². The second kappa shape index (κ2) is 12.6. The summed E-state index contributed by atoms with van der Waals surface area (Å²) in [6.45, 7) is 6.14. The van der Waals surface area contributed by atoms with Gasteiger partial charge in [0.2, 0.25) is 5.88 Å². The van der Waals surface area contributed by atoms with Crippen molar-refractivity contribution in [2.45, 2.75) is 25.1 Å². The Labute approximate surface area is 172 Å². The molecule has 0 bridgehead atoms. The van der Waals surface area contributed by atoms with Gasteiger partial charge < -0.3 is 19.7 Å². The zero-order valence-corrected chi connectivity index (χ0v) is 18.4. The zero-order valence-electron chi connectivity index (χ0n) is 15.2. The molecule has 1 unspecified atom stereocenters. The van der Waals surface area contributed by atoms with Gasteiger partial charge in [0.15, 0.2) is 5.96 Å². The van der Waals surface area contributed by atoms with Gasteiger partial charge in [-0.15, -0.1) is 24.0 Å². The number of guanidine groups is 1. The minimum Gasteiger partial charge on any atom is -0.475 e. The van der Waals surface area contributed by atoms with Crippen LogP contribution in [0.25, 0.3) is 0 Å². The summed E-state index contributed by atoms with van der Waals surface area (Å²) < 4.78 is 10.4. The number of hydrogen-bond acceptors (Lipinski definition) is 5. The Bertz CT molecular complexity index is 516. The molecule has 1 aromatic heterocycles. The molecule has 2 heterocycles. The van der Waals surface area contributed by atoms with Crippen molar-refractivity contribution < 1.29 is 9.47 Å². The van der Waals surface area contributed by atoms with Crippen LogP contribution in [0, 0.1) is 0 Å². The second-order valence-corrected chi connectivity index (χ2v) is 7.00.